The molecule has 0 aliphatic carbocycles. The number of rotatable bonds is 8. The molecule has 0 aromatic rings. The van der Waals surface area contributed by atoms with E-state index in [9.17, 15) is 0 Å². The summed E-state index contributed by atoms with van der Waals surface area (Å²) in [5, 5.41) is 0. The molecular formula is C14H26. The van der Waals surface area contributed by atoms with Gasteiger partial charge in [0, 0.05) is 0 Å². The summed E-state index contributed by atoms with van der Waals surface area (Å²) in [5.41, 5.74) is 1.53. The van der Waals surface area contributed by atoms with Gasteiger partial charge in [-0.1, -0.05) is 56.9 Å². The molecule has 0 bridgehead atoms. The Kier molecular flexibility index (Phi) is 10.2. The van der Waals surface area contributed by atoms with E-state index >= 15 is 0 Å². The van der Waals surface area contributed by atoms with Crippen molar-refractivity contribution in [3.63, 3.8) is 0 Å². The number of allylic oxidation sites excluding steroid dienone is 4. The van der Waals surface area contributed by atoms with Gasteiger partial charge in [0.25, 0.3) is 0 Å². The van der Waals surface area contributed by atoms with Gasteiger partial charge in [-0.05, 0) is 32.6 Å². The molecule has 0 spiro atoms. The highest BCUT2D eigenvalue weighted by atomic mass is 14.0. The molecule has 82 valence electrons. The lowest BCUT2D eigenvalue weighted by Crippen LogP contribution is -1.81. The zero-order valence-electron chi connectivity index (χ0n) is 10.2. The van der Waals surface area contributed by atoms with Gasteiger partial charge in [0.1, 0.15) is 0 Å². The molecule has 0 rings (SSSR count). The van der Waals surface area contributed by atoms with Crippen molar-refractivity contribution >= 4 is 0 Å². The van der Waals surface area contributed by atoms with Crippen LogP contribution >= 0.6 is 0 Å². The summed E-state index contributed by atoms with van der Waals surface area (Å²) in [4.78, 5) is 0. The lowest BCUT2D eigenvalue weighted by molar-refractivity contribution is 0.723. The van der Waals surface area contributed by atoms with Crippen molar-refractivity contribution in [2.24, 2.45) is 0 Å². The molecule has 0 heterocycles. The van der Waals surface area contributed by atoms with Crippen LogP contribution in [-0.2, 0) is 0 Å². The van der Waals surface area contributed by atoms with E-state index < -0.39 is 0 Å². The lowest BCUT2D eigenvalue weighted by atomic mass is 10.1. The van der Waals surface area contributed by atoms with E-state index in [0.29, 0.717) is 0 Å². The van der Waals surface area contributed by atoms with Crippen LogP contribution < -0.4 is 0 Å². The smallest absolute Gasteiger partial charge is 0.0282 e. The fourth-order valence-corrected chi connectivity index (χ4v) is 1.53. The van der Waals surface area contributed by atoms with Gasteiger partial charge in [0.2, 0.25) is 0 Å². The molecule has 0 saturated heterocycles. The van der Waals surface area contributed by atoms with Gasteiger partial charge in [0.05, 0.1) is 0 Å². The largest absolute Gasteiger partial charge is 0.0874 e. The van der Waals surface area contributed by atoms with Crippen molar-refractivity contribution in [2.75, 3.05) is 0 Å². The second kappa shape index (κ2) is 10.6. The number of hydrogen-bond donors (Lipinski definition) is 0. The van der Waals surface area contributed by atoms with Gasteiger partial charge in [-0.3, -0.25) is 0 Å². The topological polar surface area (TPSA) is 0 Å². The standard InChI is InChI=1S/C14H26/c1-4-7-9-10-13-14(11-6-3)12-8-5-2/h6,11,13H,4-5,7-10,12H2,1-3H3. The molecule has 0 nitrogen and oxygen atoms in total. The molecule has 0 saturated carbocycles. The van der Waals surface area contributed by atoms with E-state index in [1.165, 1.54) is 50.5 Å². The number of hydrogen-bond acceptors (Lipinski definition) is 0. The molecule has 14 heavy (non-hydrogen) atoms. The second-order valence-corrected chi connectivity index (χ2v) is 3.88. The van der Waals surface area contributed by atoms with Crippen LogP contribution in [0.5, 0.6) is 0 Å². The summed E-state index contributed by atoms with van der Waals surface area (Å²) >= 11 is 0. The average Bonchev–Trinajstić information content (AvgIpc) is 2.20. The van der Waals surface area contributed by atoms with Crippen molar-refractivity contribution < 1.29 is 0 Å². The fraction of sp³-hybridized carbons (Fsp3) is 0.714. The highest BCUT2D eigenvalue weighted by molar-refractivity contribution is 5.17. The Bertz CT molecular complexity index is 163. The van der Waals surface area contributed by atoms with Gasteiger partial charge in [-0.15, -0.1) is 0 Å². The molecule has 0 aromatic heterocycles. The van der Waals surface area contributed by atoms with E-state index in [1.807, 2.05) is 0 Å². The first-order valence-corrected chi connectivity index (χ1v) is 6.16. The van der Waals surface area contributed by atoms with Crippen molar-refractivity contribution in [2.45, 2.75) is 65.7 Å². The molecule has 0 aliphatic rings. The Morgan fingerprint density at radius 1 is 1.00 bits per heavy atom. The minimum atomic E-state index is 1.26. The molecule has 0 aromatic carbocycles. The van der Waals surface area contributed by atoms with E-state index in [0.717, 1.165) is 0 Å². The van der Waals surface area contributed by atoms with Crippen LogP contribution in [0.2, 0.25) is 0 Å². The maximum Gasteiger partial charge on any atom is -0.0282 e. The van der Waals surface area contributed by atoms with Gasteiger partial charge in [-0.2, -0.15) is 0 Å². The zero-order chi connectivity index (χ0) is 10.6. The second-order valence-electron chi connectivity index (χ2n) is 3.88. The average molecular weight is 194 g/mol. The first kappa shape index (κ1) is 13.5. The summed E-state index contributed by atoms with van der Waals surface area (Å²) < 4.78 is 0. The van der Waals surface area contributed by atoms with E-state index in [-0.39, 0.29) is 0 Å². The summed E-state index contributed by atoms with van der Waals surface area (Å²) in [6, 6.07) is 0. The molecule has 0 amide bonds. The van der Waals surface area contributed by atoms with Crippen LogP contribution in [0.15, 0.2) is 23.8 Å². The van der Waals surface area contributed by atoms with Crippen molar-refractivity contribution in [3.05, 3.63) is 23.8 Å². The van der Waals surface area contributed by atoms with Crippen LogP contribution in [0.25, 0.3) is 0 Å². The molecule has 0 aliphatic heterocycles. The quantitative estimate of drug-likeness (QED) is 0.365. The molecule has 0 atom stereocenters. The summed E-state index contributed by atoms with van der Waals surface area (Å²) in [5.74, 6) is 0. The Morgan fingerprint density at radius 3 is 2.29 bits per heavy atom. The zero-order valence-corrected chi connectivity index (χ0v) is 10.2. The van der Waals surface area contributed by atoms with E-state index in [4.69, 9.17) is 0 Å². The first-order chi connectivity index (χ1) is 6.85. The van der Waals surface area contributed by atoms with Crippen molar-refractivity contribution in [3.8, 4) is 0 Å². The maximum absolute atomic E-state index is 2.42. The molecule has 0 fully saturated rings. The van der Waals surface area contributed by atoms with Crippen molar-refractivity contribution in [1.29, 1.82) is 0 Å². The van der Waals surface area contributed by atoms with Crippen LogP contribution in [0.4, 0.5) is 0 Å². The Hall–Kier alpha value is -0.520. The van der Waals surface area contributed by atoms with Gasteiger partial charge in [-0.25, -0.2) is 0 Å². The highest BCUT2D eigenvalue weighted by Gasteiger charge is 1.91. The monoisotopic (exact) mass is 194 g/mol. The van der Waals surface area contributed by atoms with Crippen LogP contribution in [0.1, 0.15) is 65.7 Å². The molecule has 0 N–H and O–H groups in total. The highest BCUT2D eigenvalue weighted by Crippen LogP contribution is 2.11. The van der Waals surface area contributed by atoms with Gasteiger partial charge in [0.15, 0.2) is 0 Å². The third-order valence-electron chi connectivity index (χ3n) is 2.41. The predicted molar refractivity (Wildman–Crippen MR) is 66.6 cm³/mol. The number of unbranched alkanes of at least 4 members (excludes halogenated alkanes) is 4. The van der Waals surface area contributed by atoms with E-state index in [2.05, 4.69) is 39.0 Å². The summed E-state index contributed by atoms with van der Waals surface area (Å²) in [7, 11) is 0. The Balaban J connectivity index is 3.79. The third kappa shape index (κ3) is 8.10. The minimum Gasteiger partial charge on any atom is -0.0874 e. The molecule has 0 unspecified atom stereocenters. The summed E-state index contributed by atoms with van der Waals surface area (Å²) in [6.07, 6.45) is 16.0. The van der Waals surface area contributed by atoms with Gasteiger partial charge >= 0.3 is 0 Å². The molecule has 0 heteroatoms. The van der Waals surface area contributed by atoms with Crippen molar-refractivity contribution in [1.82, 2.24) is 0 Å². The van der Waals surface area contributed by atoms with Crippen LogP contribution in [-0.4, -0.2) is 0 Å². The predicted octanol–water partition coefficient (Wildman–Crippen LogP) is 5.26. The van der Waals surface area contributed by atoms with Crippen LogP contribution in [0, 0.1) is 0 Å². The summed E-state index contributed by atoms with van der Waals surface area (Å²) in [6.45, 7) is 6.61. The third-order valence-corrected chi connectivity index (χ3v) is 2.41. The fourth-order valence-electron chi connectivity index (χ4n) is 1.53. The van der Waals surface area contributed by atoms with E-state index in [1.54, 1.807) is 0 Å². The SMILES string of the molecule is CC=CC(=CCCCCC)CCCC. The Labute approximate surface area is 90.1 Å². The Morgan fingerprint density at radius 2 is 1.71 bits per heavy atom. The molecule has 0 radical (unpaired) electrons. The maximum atomic E-state index is 2.42. The molecular weight excluding hydrogens is 168 g/mol. The first-order valence-electron chi connectivity index (χ1n) is 6.16. The lowest BCUT2D eigenvalue weighted by Gasteiger charge is -2.01. The van der Waals surface area contributed by atoms with Gasteiger partial charge < -0.3 is 0 Å². The van der Waals surface area contributed by atoms with Crippen LogP contribution in [0.3, 0.4) is 0 Å². The minimum absolute atomic E-state index is 1.26. The normalized spacial score (nSPS) is 12.6.